The van der Waals surface area contributed by atoms with Crippen molar-refractivity contribution in [1.29, 1.82) is 0 Å². The predicted molar refractivity (Wildman–Crippen MR) is 44.6 cm³/mol. The van der Waals surface area contributed by atoms with Gasteiger partial charge in [-0.25, -0.2) is 14.1 Å². The van der Waals surface area contributed by atoms with Crippen LogP contribution in [-0.4, -0.2) is 20.5 Å². The zero-order valence-electron chi connectivity index (χ0n) is 7.86. The van der Waals surface area contributed by atoms with Crippen LogP contribution in [0.2, 0.25) is 0 Å². The lowest BCUT2D eigenvalue weighted by atomic mass is 9.88. The highest BCUT2D eigenvalue weighted by Gasteiger charge is 2.36. The molecule has 0 aromatic carbocycles. The Kier molecular flexibility index (Phi) is 2.45. The summed E-state index contributed by atoms with van der Waals surface area (Å²) in [6.07, 6.45) is 1.03. The maximum Gasteiger partial charge on any atom is 0.205 e. The van der Waals surface area contributed by atoms with Gasteiger partial charge in [-0.2, -0.15) is 5.10 Å². The number of carbonyl (C=O) groups is 1. The van der Waals surface area contributed by atoms with Crippen LogP contribution in [0.3, 0.4) is 0 Å². The van der Waals surface area contributed by atoms with Crippen LogP contribution in [0.15, 0.2) is 12.7 Å². The maximum absolute atomic E-state index is 13.6. The molecule has 4 nitrogen and oxygen atoms in total. The molecular formula is C8H12FN3O. The molecule has 0 aliphatic carbocycles. The van der Waals surface area contributed by atoms with E-state index in [1.54, 1.807) is 13.8 Å². The first-order valence-corrected chi connectivity index (χ1v) is 3.95. The topological polar surface area (TPSA) is 47.8 Å². The second-order valence-electron chi connectivity index (χ2n) is 3.49. The lowest BCUT2D eigenvalue weighted by Crippen LogP contribution is -2.31. The van der Waals surface area contributed by atoms with Crippen molar-refractivity contribution in [2.45, 2.75) is 27.1 Å². The minimum absolute atomic E-state index is 0.212. The summed E-state index contributed by atoms with van der Waals surface area (Å²) in [7, 11) is 0. The highest BCUT2D eigenvalue weighted by molar-refractivity contribution is 5.81. The fourth-order valence-corrected chi connectivity index (χ4v) is 0.833. The Morgan fingerprint density at radius 3 is 2.62 bits per heavy atom. The van der Waals surface area contributed by atoms with Crippen LogP contribution in [-0.2, 0) is 4.79 Å². The highest BCUT2D eigenvalue weighted by Crippen LogP contribution is 2.32. The van der Waals surface area contributed by atoms with Crippen LogP contribution >= 0.6 is 0 Å². The summed E-state index contributed by atoms with van der Waals surface area (Å²) in [4.78, 5) is 14.7. The molecule has 5 heteroatoms. The average Bonchev–Trinajstić information content (AvgIpc) is 2.54. The monoisotopic (exact) mass is 185 g/mol. The molecule has 0 amide bonds. The van der Waals surface area contributed by atoms with Crippen LogP contribution in [0.4, 0.5) is 4.39 Å². The van der Waals surface area contributed by atoms with E-state index in [0.29, 0.717) is 0 Å². The largest absolute Gasteiger partial charge is 0.299 e. The molecule has 1 rings (SSSR count). The van der Waals surface area contributed by atoms with E-state index in [9.17, 15) is 9.18 Å². The zero-order valence-corrected chi connectivity index (χ0v) is 7.86. The fourth-order valence-electron chi connectivity index (χ4n) is 0.833. The molecule has 13 heavy (non-hydrogen) atoms. The number of aromatic nitrogens is 3. The lowest BCUT2D eigenvalue weighted by molar-refractivity contribution is -0.131. The van der Waals surface area contributed by atoms with E-state index in [1.165, 1.54) is 19.6 Å². The molecule has 0 saturated heterocycles. The molecule has 0 aliphatic heterocycles. The lowest BCUT2D eigenvalue weighted by Gasteiger charge is -2.25. The molecule has 0 N–H and O–H groups in total. The van der Waals surface area contributed by atoms with Gasteiger partial charge in [-0.15, -0.1) is 0 Å². The molecule has 0 bridgehead atoms. The van der Waals surface area contributed by atoms with Gasteiger partial charge >= 0.3 is 0 Å². The first-order valence-electron chi connectivity index (χ1n) is 3.95. The van der Waals surface area contributed by atoms with Crippen LogP contribution < -0.4 is 0 Å². The SMILES string of the molecule is CC(=O)C(C)(C)C(F)n1cncn1. The molecule has 0 aliphatic rings. The minimum Gasteiger partial charge on any atom is -0.299 e. The van der Waals surface area contributed by atoms with Crippen LogP contribution in [0.1, 0.15) is 27.1 Å². The van der Waals surface area contributed by atoms with Gasteiger partial charge in [0.05, 0.1) is 5.41 Å². The Morgan fingerprint density at radius 1 is 1.62 bits per heavy atom. The van der Waals surface area contributed by atoms with Crippen LogP contribution in [0.25, 0.3) is 0 Å². The minimum atomic E-state index is -1.47. The Bertz CT molecular complexity index is 294. The molecule has 0 fully saturated rings. The predicted octanol–water partition coefficient (Wildman–Crippen LogP) is 1.36. The number of ketones is 1. The number of hydrogen-bond donors (Lipinski definition) is 0. The highest BCUT2D eigenvalue weighted by atomic mass is 19.1. The summed E-state index contributed by atoms with van der Waals surface area (Å²) >= 11 is 0. The van der Waals surface area contributed by atoms with Crippen LogP contribution in [0, 0.1) is 5.41 Å². The summed E-state index contributed by atoms with van der Waals surface area (Å²) < 4.78 is 14.7. The van der Waals surface area contributed by atoms with Gasteiger partial charge < -0.3 is 0 Å². The summed E-state index contributed by atoms with van der Waals surface area (Å²) in [5.74, 6) is -0.212. The van der Waals surface area contributed by atoms with Crippen molar-refractivity contribution >= 4 is 5.78 Å². The van der Waals surface area contributed by atoms with Crippen molar-refractivity contribution in [1.82, 2.24) is 14.8 Å². The quantitative estimate of drug-likeness (QED) is 0.714. The van der Waals surface area contributed by atoms with E-state index in [0.717, 1.165) is 4.68 Å². The third-order valence-corrected chi connectivity index (χ3v) is 2.17. The normalized spacial score (nSPS) is 14.2. The Balaban J connectivity index is 2.90. The van der Waals surface area contributed by atoms with E-state index < -0.39 is 11.7 Å². The van der Waals surface area contributed by atoms with Gasteiger partial charge in [-0.05, 0) is 20.8 Å². The van der Waals surface area contributed by atoms with Gasteiger partial charge in [0.25, 0.3) is 0 Å². The number of hydrogen-bond acceptors (Lipinski definition) is 3. The van der Waals surface area contributed by atoms with E-state index in [1.807, 2.05) is 0 Å². The van der Waals surface area contributed by atoms with E-state index >= 15 is 0 Å². The van der Waals surface area contributed by atoms with Crippen molar-refractivity contribution in [3.63, 3.8) is 0 Å². The zero-order chi connectivity index (χ0) is 10.1. The summed E-state index contributed by atoms with van der Waals surface area (Å²) in [6, 6.07) is 0. The molecule has 0 spiro atoms. The average molecular weight is 185 g/mol. The number of rotatable bonds is 3. The van der Waals surface area contributed by atoms with Gasteiger partial charge in [-0.1, -0.05) is 0 Å². The molecule has 1 unspecified atom stereocenters. The fraction of sp³-hybridized carbons (Fsp3) is 0.625. The Hall–Kier alpha value is -1.26. The standard InChI is InChI=1S/C8H12FN3O/c1-6(13)8(2,3)7(9)12-5-10-4-11-12/h4-5,7H,1-3H3. The second kappa shape index (κ2) is 3.24. The smallest absolute Gasteiger partial charge is 0.205 e. The third kappa shape index (κ3) is 1.74. The van der Waals surface area contributed by atoms with Crippen molar-refractivity contribution < 1.29 is 9.18 Å². The number of nitrogens with zero attached hydrogens (tertiary/aromatic N) is 3. The van der Waals surface area contributed by atoms with Gasteiger partial charge in [0.15, 0.2) is 0 Å². The van der Waals surface area contributed by atoms with E-state index in [4.69, 9.17) is 0 Å². The van der Waals surface area contributed by atoms with Crippen molar-refractivity contribution in [2.75, 3.05) is 0 Å². The molecular weight excluding hydrogens is 173 g/mol. The van der Waals surface area contributed by atoms with Gasteiger partial charge in [-0.3, -0.25) is 4.79 Å². The molecule has 0 radical (unpaired) electrons. The first-order chi connectivity index (χ1) is 5.96. The molecule has 72 valence electrons. The third-order valence-electron chi connectivity index (χ3n) is 2.17. The van der Waals surface area contributed by atoms with Crippen molar-refractivity contribution in [3.8, 4) is 0 Å². The van der Waals surface area contributed by atoms with Gasteiger partial charge in [0.1, 0.15) is 18.4 Å². The van der Waals surface area contributed by atoms with Crippen molar-refractivity contribution in [2.24, 2.45) is 5.41 Å². The molecule has 0 saturated carbocycles. The Labute approximate surface area is 75.8 Å². The number of carbonyl (C=O) groups excluding carboxylic acids is 1. The van der Waals surface area contributed by atoms with Gasteiger partial charge in [0.2, 0.25) is 6.30 Å². The molecule has 1 aromatic rings. The molecule has 1 aromatic heterocycles. The molecule has 1 heterocycles. The number of alkyl halides is 1. The second-order valence-corrected chi connectivity index (χ2v) is 3.49. The molecule has 1 atom stereocenters. The maximum atomic E-state index is 13.6. The van der Waals surface area contributed by atoms with Crippen molar-refractivity contribution in [3.05, 3.63) is 12.7 Å². The summed E-state index contributed by atoms with van der Waals surface area (Å²) in [5, 5.41) is 3.64. The summed E-state index contributed by atoms with van der Waals surface area (Å²) in [6.45, 7) is 4.45. The Morgan fingerprint density at radius 2 is 2.23 bits per heavy atom. The first kappa shape index (κ1) is 9.83. The van der Waals surface area contributed by atoms with E-state index in [-0.39, 0.29) is 5.78 Å². The summed E-state index contributed by atoms with van der Waals surface area (Å²) in [5.41, 5.74) is -1.06. The van der Waals surface area contributed by atoms with E-state index in [2.05, 4.69) is 10.1 Å². The number of Topliss-reactive ketones (excluding diaryl/α,β-unsaturated/α-hetero) is 1. The number of halogens is 1. The van der Waals surface area contributed by atoms with Gasteiger partial charge in [0, 0.05) is 0 Å². The van der Waals surface area contributed by atoms with Crippen LogP contribution in [0.5, 0.6) is 0 Å².